The number of nitrogens with one attached hydrogen (secondary N) is 1. The molecule has 2 fully saturated rings. The predicted octanol–water partition coefficient (Wildman–Crippen LogP) is 1.63. The van der Waals surface area contributed by atoms with Gasteiger partial charge >= 0.3 is 0 Å². The van der Waals surface area contributed by atoms with Crippen LogP contribution in [0, 0.1) is 11.7 Å². The molecule has 1 atom stereocenters. The molecule has 2 aliphatic heterocycles. The standard InChI is InChI=1S/C18H21FN4O/c19-15-3-1-2-14-16(5-7-21-17(14)15)22-8-10-23(11-9-22)18(24)13-4-6-20-12-13/h1-3,5,7,13,20H,4,6,8-12H2/t13-/m0/s1. The molecular weight excluding hydrogens is 307 g/mol. The van der Waals surface area contributed by atoms with Crippen molar-refractivity contribution in [2.45, 2.75) is 6.42 Å². The molecule has 1 aromatic carbocycles. The van der Waals surface area contributed by atoms with Gasteiger partial charge in [0.25, 0.3) is 0 Å². The van der Waals surface area contributed by atoms with E-state index < -0.39 is 0 Å². The van der Waals surface area contributed by atoms with Gasteiger partial charge in [-0.05, 0) is 25.1 Å². The molecule has 0 bridgehead atoms. The topological polar surface area (TPSA) is 48.5 Å². The van der Waals surface area contributed by atoms with Crippen LogP contribution in [0.1, 0.15) is 6.42 Å². The van der Waals surface area contributed by atoms with Crippen molar-refractivity contribution in [3.63, 3.8) is 0 Å². The van der Waals surface area contributed by atoms with Crippen molar-refractivity contribution in [2.75, 3.05) is 44.2 Å². The molecule has 0 radical (unpaired) electrons. The maximum absolute atomic E-state index is 13.9. The summed E-state index contributed by atoms with van der Waals surface area (Å²) in [5.41, 5.74) is 1.40. The molecule has 5 nitrogen and oxygen atoms in total. The van der Waals surface area contributed by atoms with E-state index in [1.54, 1.807) is 12.3 Å². The Hall–Kier alpha value is -2.21. The minimum absolute atomic E-state index is 0.132. The third-order valence-corrected chi connectivity index (χ3v) is 5.04. The van der Waals surface area contributed by atoms with E-state index in [4.69, 9.17) is 0 Å². The number of benzene rings is 1. The molecule has 6 heteroatoms. The third kappa shape index (κ3) is 2.71. The summed E-state index contributed by atoms with van der Waals surface area (Å²) in [6.07, 6.45) is 2.59. The number of carbonyl (C=O) groups is 1. The molecule has 126 valence electrons. The van der Waals surface area contributed by atoms with Crippen molar-refractivity contribution in [3.8, 4) is 0 Å². The first-order valence-electron chi connectivity index (χ1n) is 8.52. The van der Waals surface area contributed by atoms with Gasteiger partial charge in [-0.25, -0.2) is 4.39 Å². The van der Waals surface area contributed by atoms with Crippen LogP contribution in [-0.4, -0.2) is 55.1 Å². The second-order valence-electron chi connectivity index (χ2n) is 6.47. The zero-order chi connectivity index (χ0) is 16.5. The number of anilines is 1. The molecule has 2 aliphatic rings. The summed E-state index contributed by atoms with van der Waals surface area (Å²) in [7, 11) is 0. The van der Waals surface area contributed by atoms with Crippen LogP contribution in [0.2, 0.25) is 0 Å². The minimum atomic E-state index is -0.295. The van der Waals surface area contributed by atoms with Crippen LogP contribution < -0.4 is 10.2 Å². The summed E-state index contributed by atoms with van der Waals surface area (Å²) in [4.78, 5) is 20.9. The SMILES string of the molecule is O=C([C@H]1CCNC1)N1CCN(c2ccnc3c(F)cccc23)CC1. The van der Waals surface area contributed by atoms with Gasteiger partial charge in [0, 0.05) is 50.0 Å². The number of hydrogen-bond donors (Lipinski definition) is 1. The summed E-state index contributed by atoms with van der Waals surface area (Å²) in [6, 6.07) is 6.99. The summed E-state index contributed by atoms with van der Waals surface area (Å²) in [5.74, 6) is 0.106. The highest BCUT2D eigenvalue weighted by atomic mass is 19.1. The summed E-state index contributed by atoms with van der Waals surface area (Å²) in [6.45, 7) is 4.70. The van der Waals surface area contributed by atoms with E-state index >= 15 is 0 Å². The van der Waals surface area contributed by atoms with E-state index in [0.29, 0.717) is 18.6 Å². The van der Waals surface area contributed by atoms with E-state index in [1.807, 2.05) is 17.0 Å². The van der Waals surface area contributed by atoms with Crippen molar-refractivity contribution in [1.82, 2.24) is 15.2 Å². The van der Waals surface area contributed by atoms with Crippen LogP contribution in [0.15, 0.2) is 30.5 Å². The highest BCUT2D eigenvalue weighted by Gasteiger charge is 2.29. The highest BCUT2D eigenvalue weighted by Crippen LogP contribution is 2.28. The number of halogens is 1. The zero-order valence-electron chi connectivity index (χ0n) is 13.5. The van der Waals surface area contributed by atoms with Crippen LogP contribution in [0.3, 0.4) is 0 Å². The fraction of sp³-hybridized carbons (Fsp3) is 0.444. The number of rotatable bonds is 2. The number of carbonyl (C=O) groups excluding carboxylic acids is 1. The number of piperazine rings is 1. The number of para-hydroxylation sites is 1. The van der Waals surface area contributed by atoms with Crippen LogP contribution in [0.4, 0.5) is 10.1 Å². The van der Waals surface area contributed by atoms with E-state index in [-0.39, 0.29) is 17.6 Å². The Labute approximate surface area is 140 Å². The van der Waals surface area contributed by atoms with Gasteiger partial charge in [-0.2, -0.15) is 0 Å². The maximum Gasteiger partial charge on any atom is 0.227 e. The molecule has 0 spiro atoms. The third-order valence-electron chi connectivity index (χ3n) is 5.04. The monoisotopic (exact) mass is 328 g/mol. The van der Waals surface area contributed by atoms with E-state index in [2.05, 4.69) is 15.2 Å². The Morgan fingerprint density at radius 2 is 2.04 bits per heavy atom. The lowest BCUT2D eigenvalue weighted by atomic mass is 10.1. The first-order valence-corrected chi connectivity index (χ1v) is 8.52. The number of nitrogens with zero attached hydrogens (tertiary/aromatic N) is 3. The van der Waals surface area contributed by atoms with Gasteiger partial charge in [0.1, 0.15) is 11.3 Å². The Kier molecular flexibility index (Phi) is 4.06. The Balaban J connectivity index is 1.50. The first kappa shape index (κ1) is 15.3. The molecule has 1 aromatic heterocycles. The van der Waals surface area contributed by atoms with Crippen molar-refractivity contribution in [1.29, 1.82) is 0 Å². The second-order valence-corrected chi connectivity index (χ2v) is 6.47. The quantitative estimate of drug-likeness (QED) is 0.910. The van der Waals surface area contributed by atoms with Crippen molar-refractivity contribution >= 4 is 22.5 Å². The van der Waals surface area contributed by atoms with Crippen molar-refractivity contribution in [2.24, 2.45) is 5.92 Å². The predicted molar refractivity (Wildman–Crippen MR) is 91.5 cm³/mol. The largest absolute Gasteiger partial charge is 0.367 e. The average molecular weight is 328 g/mol. The molecule has 2 aromatic rings. The molecule has 1 amide bonds. The van der Waals surface area contributed by atoms with Gasteiger partial charge in [0.15, 0.2) is 0 Å². The minimum Gasteiger partial charge on any atom is -0.367 e. The Bertz CT molecular complexity index is 752. The smallest absolute Gasteiger partial charge is 0.227 e. The normalized spacial score (nSPS) is 21.5. The van der Waals surface area contributed by atoms with Crippen molar-refractivity contribution in [3.05, 3.63) is 36.3 Å². The van der Waals surface area contributed by atoms with Crippen LogP contribution in [0.25, 0.3) is 10.9 Å². The van der Waals surface area contributed by atoms with Gasteiger partial charge in [-0.15, -0.1) is 0 Å². The lowest BCUT2D eigenvalue weighted by molar-refractivity contribution is -0.135. The molecule has 3 heterocycles. The van der Waals surface area contributed by atoms with E-state index in [0.717, 1.165) is 43.7 Å². The average Bonchev–Trinajstić information content (AvgIpc) is 3.16. The summed E-state index contributed by atoms with van der Waals surface area (Å²) < 4.78 is 13.9. The summed E-state index contributed by atoms with van der Waals surface area (Å²) >= 11 is 0. The van der Waals surface area contributed by atoms with Gasteiger partial charge in [-0.3, -0.25) is 9.78 Å². The van der Waals surface area contributed by atoms with Crippen molar-refractivity contribution < 1.29 is 9.18 Å². The number of hydrogen-bond acceptors (Lipinski definition) is 4. The Morgan fingerprint density at radius 1 is 1.21 bits per heavy atom. The molecule has 0 unspecified atom stereocenters. The molecule has 0 saturated carbocycles. The second kappa shape index (κ2) is 6.36. The van der Waals surface area contributed by atoms with Gasteiger partial charge in [0.05, 0.1) is 5.92 Å². The van der Waals surface area contributed by atoms with E-state index in [1.165, 1.54) is 6.07 Å². The molecule has 0 aliphatic carbocycles. The van der Waals surface area contributed by atoms with Crippen LogP contribution >= 0.6 is 0 Å². The lowest BCUT2D eigenvalue weighted by Gasteiger charge is -2.37. The van der Waals surface area contributed by atoms with Gasteiger partial charge < -0.3 is 15.1 Å². The Morgan fingerprint density at radius 3 is 2.79 bits per heavy atom. The van der Waals surface area contributed by atoms with Gasteiger partial charge in [0.2, 0.25) is 5.91 Å². The van der Waals surface area contributed by atoms with Crippen LogP contribution in [0.5, 0.6) is 0 Å². The first-order chi connectivity index (χ1) is 11.7. The maximum atomic E-state index is 13.9. The molecule has 24 heavy (non-hydrogen) atoms. The molecule has 1 N–H and O–H groups in total. The zero-order valence-corrected chi connectivity index (χ0v) is 13.5. The highest BCUT2D eigenvalue weighted by molar-refractivity contribution is 5.92. The number of pyridine rings is 1. The fourth-order valence-corrected chi connectivity index (χ4v) is 3.69. The van der Waals surface area contributed by atoms with Crippen LogP contribution in [-0.2, 0) is 4.79 Å². The number of fused-ring (bicyclic) bond motifs is 1. The van der Waals surface area contributed by atoms with E-state index in [9.17, 15) is 9.18 Å². The molecular formula is C18H21FN4O. The molecule has 2 saturated heterocycles. The molecule has 4 rings (SSSR count). The van der Waals surface area contributed by atoms with Gasteiger partial charge in [-0.1, -0.05) is 12.1 Å². The lowest BCUT2D eigenvalue weighted by Crippen LogP contribution is -2.50. The fourth-order valence-electron chi connectivity index (χ4n) is 3.69. The number of aromatic nitrogens is 1. The number of amides is 1. The summed E-state index contributed by atoms with van der Waals surface area (Å²) in [5, 5.41) is 4.08.